The highest BCUT2D eigenvalue weighted by Crippen LogP contribution is 2.23. The third-order valence-corrected chi connectivity index (χ3v) is 3.21. The third kappa shape index (κ3) is 2.71. The molecular formula is C16H12FN3O2. The first-order valence-electron chi connectivity index (χ1n) is 6.62. The van der Waals surface area contributed by atoms with Gasteiger partial charge in [0.1, 0.15) is 11.5 Å². The molecular weight excluding hydrogens is 285 g/mol. The number of carbonyl (C=O) groups is 1. The fourth-order valence-corrected chi connectivity index (χ4v) is 2.26. The first-order chi connectivity index (χ1) is 10.6. The highest BCUT2D eigenvalue weighted by Gasteiger charge is 2.20. The maximum Gasteiger partial charge on any atom is 0.358 e. The molecule has 0 aliphatic rings. The van der Waals surface area contributed by atoms with E-state index in [1.54, 1.807) is 36.4 Å². The van der Waals surface area contributed by atoms with E-state index >= 15 is 0 Å². The Bertz CT molecular complexity index is 815. The largest absolute Gasteiger partial charge is 0.476 e. The summed E-state index contributed by atoms with van der Waals surface area (Å²) in [6, 6.07) is 15.1. The van der Waals surface area contributed by atoms with Crippen LogP contribution < -0.4 is 0 Å². The SMILES string of the molecule is O=C(O)c1nnn(Cc2cccc(F)c2)c1-c1ccccc1. The van der Waals surface area contributed by atoms with Crippen LogP contribution in [0.25, 0.3) is 11.3 Å². The van der Waals surface area contributed by atoms with Gasteiger partial charge in [0.25, 0.3) is 0 Å². The van der Waals surface area contributed by atoms with Gasteiger partial charge in [-0.05, 0) is 17.7 Å². The lowest BCUT2D eigenvalue weighted by Gasteiger charge is -2.07. The molecule has 1 aromatic heterocycles. The Morgan fingerprint density at radius 1 is 1.14 bits per heavy atom. The number of hydrogen-bond acceptors (Lipinski definition) is 3. The number of aromatic carboxylic acids is 1. The van der Waals surface area contributed by atoms with Gasteiger partial charge in [0.05, 0.1) is 6.54 Å². The van der Waals surface area contributed by atoms with Crippen LogP contribution >= 0.6 is 0 Å². The normalized spacial score (nSPS) is 10.6. The fourth-order valence-electron chi connectivity index (χ4n) is 2.26. The highest BCUT2D eigenvalue weighted by atomic mass is 19.1. The van der Waals surface area contributed by atoms with Gasteiger partial charge in [0.15, 0.2) is 5.69 Å². The van der Waals surface area contributed by atoms with E-state index in [0.29, 0.717) is 16.8 Å². The monoisotopic (exact) mass is 297 g/mol. The lowest BCUT2D eigenvalue weighted by atomic mass is 10.1. The van der Waals surface area contributed by atoms with Gasteiger partial charge in [-0.15, -0.1) is 5.10 Å². The predicted octanol–water partition coefficient (Wildman–Crippen LogP) is 2.83. The van der Waals surface area contributed by atoms with Crippen LogP contribution in [0.3, 0.4) is 0 Å². The van der Waals surface area contributed by atoms with Crippen LogP contribution in [0.1, 0.15) is 16.1 Å². The molecule has 3 rings (SSSR count). The zero-order valence-electron chi connectivity index (χ0n) is 11.5. The molecule has 0 atom stereocenters. The summed E-state index contributed by atoms with van der Waals surface area (Å²) in [5.74, 6) is -1.50. The van der Waals surface area contributed by atoms with Crippen LogP contribution in [-0.2, 0) is 6.54 Å². The lowest BCUT2D eigenvalue weighted by Crippen LogP contribution is -2.06. The van der Waals surface area contributed by atoms with Crippen LogP contribution in [0.15, 0.2) is 54.6 Å². The topological polar surface area (TPSA) is 68.0 Å². The van der Waals surface area contributed by atoms with Gasteiger partial charge in [-0.1, -0.05) is 47.7 Å². The number of aromatic nitrogens is 3. The number of benzene rings is 2. The van der Waals surface area contributed by atoms with Crippen LogP contribution in [-0.4, -0.2) is 26.1 Å². The summed E-state index contributed by atoms with van der Waals surface area (Å²) in [5, 5.41) is 16.9. The zero-order chi connectivity index (χ0) is 15.5. The molecule has 2 aromatic carbocycles. The van der Waals surface area contributed by atoms with E-state index in [4.69, 9.17) is 0 Å². The number of carboxylic acid groups (broad SMARTS) is 1. The van der Waals surface area contributed by atoms with Crippen molar-refractivity contribution in [3.8, 4) is 11.3 Å². The van der Waals surface area contributed by atoms with Crippen molar-refractivity contribution < 1.29 is 14.3 Å². The second kappa shape index (κ2) is 5.77. The first kappa shape index (κ1) is 13.9. The van der Waals surface area contributed by atoms with Crippen LogP contribution in [0.2, 0.25) is 0 Å². The average Bonchev–Trinajstić information content (AvgIpc) is 2.92. The van der Waals surface area contributed by atoms with Crippen molar-refractivity contribution in [2.24, 2.45) is 0 Å². The minimum absolute atomic E-state index is 0.123. The molecule has 1 heterocycles. The van der Waals surface area contributed by atoms with Crippen LogP contribution in [0, 0.1) is 5.82 Å². The maximum absolute atomic E-state index is 13.3. The molecule has 0 saturated carbocycles. The molecule has 0 aliphatic heterocycles. The van der Waals surface area contributed by atoms with E-state index in [2.05, 4.69) is 10.3 Å². The smallest absolute Gasteiger partial charge is 0.358 e. The van der Waals surface area contributed by atoms with Crippen molar-refractivity contribution >= 4 is 5.97 Å². The van der Waals surface area contributed by atoms with E-state index in [9.17, 15) is 14.3 Å². The molecule has 0 bridgehead atoms. The van der Waals surface area contributed by atoms with E-state index in [1.165, 1.54) is 16.8 Å². The Morgan fingerprint density at radius 2 is 1.91 bits per heavy atom. The number of rotatable bonds is 4. The quantitative estimate of drug-likeness (QED) is 0.804. The molecule has 1 N–H and O–H groups in total. The average molecular weight is 297 g/mol. The molecule has 3 aromatic rings. The van der Waals surface area contributed by atoms with Gasteiger partial charge in [0, 0.05) is 5.56 Å². The molecule has 0 spiro atoms. The third-order valence-electron chi connectivity index (χ3n) is 3.21. The Hall–Kier alpha value is -3.02. The molecule has 6 heteroatoms. The summed E-state index contributed by atoms with van der Waals surface area (Å²) in [4.78, 5) is 11.3. The second-order valence-corrected chi connectivity index (χ2v) is 4.75. The summed E-state index contributed by atoms with van der Waals surface area (Å²) < 4.78 is 14.8. The van der Waals surface area contributed by atoms with E-state index < -0.39 is 5.97 Å². The lowest BCUT2D eigenvalue weighted by molar-refractivity contribution is 0.0691. The molecule has 0 fully saturated rings. The van der Waals surface area contributed by atoms with Crippen molar-refractivity contribution in [1.82, 2.24) is 15.0 Å². The van der Waals surface area contributed by atoms with Crippen molar-refractivity contribution in [2.45, 2.75) is 6.54 Å². The van der Waals surface area contributed by atoms with Gasteiger partial charge >= 0.3 is 5.97 Å². The number of halogens is 1. The molecule has 110 valence electrons. The van der Waals surface area contributed by atoms with E-state index in [1.807, 2.05) is 6.07 Å². The van der Waals surface area contributed by atoms with E-state index in [-0.39, 0.29) is 18.1 Å². The standard InChI is InChI=1S/C16H12FN3O2/c17-13-8-4-5-11(9-13)10-20-15(12-6-2-1-3-7-12)14(16(21)22)18-19-20/h1-9H,10H2,(H,21,22). The molecule has 5 nitrogen and oxygen atoms in total. The second-order valence-electron chi connectivity index (χ2n) is 4.75. The first-order valence-corrected chi connectivity index (χ1v) is 6.62. The van der Waals surface area contributed by atoms with E-state index in [0.717, 1.165) is 0 Å². The maximum atomic E-state index is 13.3. The minimum Gasteiger partial charge on any atom is -0.476 e. The van der Waals surface area contributed by atoms with Crippen molar-refractivity contribution in [1.29, 1.82) is 0 Å². The predicted molar refractivity (Wildman–Crippen MR) is 77.9 cm³/mol. The zero-order valence-corrected chi connectivity index (χ0v) is 11.5. The number of nitrogens with zero attached hydrogens (tertiary/aromatic N) is 3. The summed E-state index contributed by atoms with van der Waals surface area (Å²) >= 11 is 0. The minimum atomic E-state index is -1.15. The van der Waals surface area contributed by atoms with Crippen molar-refractivity contribution in [3.63, 3.8) is 0 Å². The van der Waals surface area contributed by atoms with Crippen LogP contribution in [0.5, 0.6) is 0 Å². The Morgan fingerprint density at radius 3 is 2.59 bits per heavy atom. The highest BCUT2D eigenvalue weighted by molar-refractivity contribution is 5.92. The van der Waals surface area contributed by atoms with Crippen LogP contribution in [0.4, 0.5) is 4.39 Å². The molecule has 0 saturated heterocycles. The summed E-state index contributed by atoms with van der Waals surface area (Å²) in [6.07, 6.45) is 0. The van der Waals surface area contributed by atoms with Crippen molar-refractivity contribution in [3.05, 3.63) is 71.7 Å². The van der Waals surface area contributed by atoms with Gasteiger partial charge in [0.2, 0.25) is 0 Å². The van der Waals surface area contributed by atoms with Gasteiger partial charge < -0.3 is 5.11 Å². The van der Waals surface area contributed by atoms with Gasteiger partial charge in [-0.2, -0.15) is 0 Å². The van der Waals surface area contributed by atoms with Gasteiger partial charge in [-0.3, -0.25) is 0 Å². The fraction of sp³-hybridized carbons (Fsp3) is 0.0625. The molecule has 0 amide bonds. The molecule has 0 unspecified atom stereocenters. The summed E-state index contributed by atoms with van der Waals surface area (Å²) in [6.45, 7) is 0.238. The Labute approximate surface area is 125 Å². The summed E-state index contributed by atoms with van der Waals surface area (Å²) in [5.41, 5.74) is 1.65. The molecule has 0 aliphatic carbocycles. The summed E-state index contributed by atoms with van der Waals surface area (Å²) in [7, 11) is 0. The number of hydrogen-bond donors (Lipinski definition) is 1. The number of carboxylic acids is 1. The molecule has 22 heavy (non-hydrogen) atoms. The Balaban J connectivity index is 2.07. The van der Waals surface area contributed by atoms with Crippen molar-refractivity contribution in [2.75, 3.05) is 0 Å². The molecule has 0 radical (unpaired) electrons. The van der Waals surface area contributed by atoms with Gasteiger partial charge in [-0.25, -0.2) is 13.9 Å². The Kier molecular flexibility index (Phi) is 3.65.